The first kappa shape index (κ1) is 15.9. The Bertz CT molecular complexity index is 885. The number of primary amides is 1. The molecule has 1 saturated heterocycles. The number of ether oxygens (including phenoxy) is 1. The summed E-state index contributed by atoms with van der Waals surface area (Å²) in [5.74, 6) is -1.99. The van der Waals surface area contributed by atoms with Crippen LogP contribution < -0.4 is 16.4 Å². The first-order chi connectivity index (χ1) is 11.2. The van der Waals surface area contributed by atoms with Crippen LogP contribution in [0.3, 0.4) is 0 Å². The number of amides is 2. The van der Waals surface area contributed by atoms with Crippen molar-refractivity contribution < 1.29 is 31.9 Å². The van der Waals surface area contributed by atoms with Gasteiger partial charge in [0.05, 0.1) is 11.2 Å². The highest BCUT2D eigenvalue weighted by atomic mass is 19.4. The van der Waals surface area contributed by atoms with Gasteiger partial charge in [0.1, 0.15) is 13.2 Å². The van der Waals surface area contributed by atoms with Crippen molar-refractivity contribution in [2.75, 3.05) is 11.5 Å². The quantitative estimate of drug-likeness (QED) is 0.892. The van der Waals surface area contributed by atoms with Crippen molar-refractivity contribution in [2.45, 2.75) is 18.8 Å². The van der Waals surface area contributed by atoms with E-state index in [1.165, 1.54) is 18.2 Å². The van der Waals surface area contributed by atoms with Crippen molar-refractivity contribution >= 4 is 28.8 Å². The molecule has 1 atom stereocenters. The maximum absolute atomic E-state index is 12.5. The lowest BCUT2D eigenvalue weighted by molar-refractivity contribution is -0.140. The summed E-state index contributed by atoms with van der Waals surface area (Å²) in [6.07, 6.45) is -5.44. The minimum absolute atomic E-state index is 0.0933. The van der Waals surface area contributed by atoms with Gasteiger partial charge in [-0.05, 0) is 12.1 Å². The number of carbonyl (C=O) groups is 2. The summed E-state index contributed by atoms with van der Waals surface area (Å²) < 4.78 is 47.5. The number of alkyl halides is 3. The fourth-order valence-corrected chi connectivity index (χ4v) is 2.45. The molecule has 1 aliphatic heterocycles. The first-order valence-electron chi connectivity index (χ1n) is 6.63. The number of carbonyl (C=O) groups excluding carboxylic acids is 2. The molecular weight excluding hydrogens is 335 g/mol. The van der Waals surface area contributed by atoms with Crippen LogP contribution in [0.4, 0.5) is 23.7 Å². The second-order valence-corrected chi connectivity index (χ2v) is 5.09. The average Bonchev–Trinajstić information content (AvgIpc) is 2.98. The fraction of sp³-hybridized carbons (Fsp3) is 0.308. The second-order valence-electron chi connectivity index (χ2n) is 5.09. The van der Waals surface area contributed by atoms with E-state index in [-0.39, 0.29) is 23.4 Å². The van der Waals surface area contributed by atoms with E-state index in [0.717, 1.165) is 4.90 Å². The molecule has 1 fully saturated rings. The van der Waals surface area contributed by atoms with Gasteiger partial charge in [0.15, 0.2) is 11.6 Å². The largest absolute Gasteiger partial charge is 0.446 e. The number of nitrogens with zero attached hydrogens (tertiary/aromatic N) is 2. The molecule has 24 heavy (non-hydrogen) atoms. The minimum Gasteiger partial charge on any atom is -0.446 e. The molecule has 0 unspecified atom stereocenters. The third-order valence-corrected chi connectivity index (χ3v) is 3.47. The topological polar surface area (TPSA) is 108 Å². The number of halogens is 3. The van der Waals surface area contributed by atoms with Crippen LogP contribution in [0.5, 0.6) is 0 Å². The van der Waals surface area contributed by atoms with Crippen LogP contribution in [0.25, 0.3) is 11.1 Å². The number of hydrogen-bond acceptors (Lipinski definition) is 5. The molecule has 0 spiro atoms. The number of fused-ring (bicyclic) bond motifs is 1. The predicted molar refractivity (Wildman–Crippen MR) is 73.3 cm³/mol. The maximum Gasteiger partial charge on any atom is 0.420 e. The number of benzene rings is 1. The zero-order chi connectivity index (χ0) is 17.6. The van der Waals surface area contributed by atoms with Crippen LogP contribution in [-0.2, 0) is 16.1 Å². The molecule has 0 aliphatic carbocycles. The normalized spacial score (nSPS) is 18.2. The Balaban J connectivity index is 2.05. The zero-order valence-electron chi connectivity index (χ0n) is 11.9. The second kappa shape index (κ2) is 5.28. The van der Waals surface area contributed by atoms with E-state index in [2.05, 4.69) is 0 Å². The van der Waals surface area contributed by atoms with Gasteiger partial charge < -0.3 is 14.9 Å². The summed E-state index contributed by atoms with van der Waals surface area (Å²) >= 11 is 0. The standard InChI is InChI=1S/C13H10F3N3O5/c14-13(15,16)5-18-7-2-1-6(3-9(7)24-11(18)21)19-8(10(17)20)4-23-12(19)22/h1-3,8H,4-5H2,(H2,17,20)/t8-/m0/s1. The van der Waals surface area contributed by atoms with Crippen LogP contribution in [0.1, 0.15) is 0 Å². The van der Waals surface area contributed by atoms with E-state index in [0.29, 0.717) is 4.57 Å². The fourth-order valence-electron chi connectivity index (χ4n) is 2.45. The van der Waals surface area contributed by atoms with E-state index in [9.17, 15) is 27.6 Å². The first-order valence-corrected chi connectivity index (χ1v) is 6.63. The molecule has 0 saturated carbocycles. The molecule has 1 aromatic heterocycles. The molecule has 8 nitrogen and oxygen atoms in total. The highest BCUT2D eigenvalue weighted by Crippen LogP contribution is 2.28. The number of anilines is 1. The van der Waals surface area contributed by atoms with Gasteiger partial charge in [-0.25, -0.2) is 9.59 Å². The lowest BCUT2D eigenvalue weighted by Gasteiger charge is -2.18. The third kappa shape index (κ3) is 2.68. The number of aromatic nitrogens is 1. The molecule has 2 aromatic rings. The Morgan fingerprint density at radius 1 is 1.33 bits per heavy atom. The summed E-state index contributed by atoms with van der Waals surface area (Å²) in [6, 6.07) is 2.57. The molecule has 1 aromatic carbocycles. The SMILES string of the molecule is NC(=O)[C@@H]1COC(=O)N1c1ccc2c(c1)oc(=O)n2CC(F)(F)F. The summed E-state index contributed by atoms with van der Waals surface area (Å²) in [5.41, 5.74) is 5.04. The molecule has 11 heteroatoms. The monoisotopic (exact) mass is 345 g/mol. The molecular formula is C13H10F3N3O5. The Hall–Kier alpha value is -2.98. The van der Waals surface area contributed by atoms with Gasteiger partial charge in [-0.3, -0.25) is 14.3 Å². The third-order valence-electron chi connectivity index (χ3n) is 3.47. The summed E-state index contributed by atoms with van der Waals surface area (Å²) in [7, 11) is 0. The van der Waals surface area contributed by atoms with Gasteiger partial charge in [-0.2, -0.15) is 13.2 Å². The van der Waals surface area contributed by atoms with Gasteiger partial charge in [0, 0.05) is 6.07 Å². The highest BCUT2D eigenvalue weighted by Gasteiger charge is 2.38. The number of hydrogen-bond donors (Lipinski definition) is 1. The Kier molecular flexibility index (Phi) is 3.50. The summed E-state index contributed by atoms with van der Waals surface area (Å²) in [6.45, 7) is -1.75. The van der Waals surface area contributed by atoms with E-state index in [1.807, 2.05) is 0 Å². The number of oxazole rings is 1. The summed E-state index contributed by atoms with van der Waals surface area (Å²) in [4.78, 5) is 35.6. The van der Waals surface area contributed by atoms with E-state index in [1.54, 1.807) is 0 Å². The van der Waals surface area contributed by atoms with Crippen LogP contribution in [-0.4, -0.2) is 35.4 Å². The Morgan fingerprint density at radius 2 is 2.04 bits per heavy atom. The van der Waals surface area contributed by atoms with Crippen molar-refractivity contribution in [3.63, 3.8) is 0 Å². The van der Waals surface area contributed by atoms with Crippen molar-refractivity contribution in [2.24, 2.45) is 5.73 Å². The van der Waals surface area contributed by atoms with E-state index in [4.69, 9.17) is 14.9 Å². The summed E-state index contributed by atoms with van der Waals surface area (Å²) in [5, 5.41) is 0. The van der Waals surface area contributed by atoms with Crippen molar-refractivity contribution in [3.8, 4) is 0 Å². The van der Waals surface area contributed by atoms with Crippen molar-refractivity contribution in [1.82, 2.24) is 4.57 Å². The molecule has 0 bridgehead atoms. The Labute approximate surface area is 131 Å². The van der Waals surface area contributed by atoms with E-state index >= 15 is 0 Å². The van der Waals surface area contributed by atoms with Gasteiger partial charge >= 0.3 is 18.0 Å². The number of rotatable bonds is 3. The molecule has 0 radical (unpaired) electrons. The Morgan fingerprint density at radius 3 is 2.67 bits per heavy atom. The molecule has 2 N–H and O–H groups in total. The highest BCUT2D eigenvalue weighted by molar-refractivity contribution is 6.00. The molecule has 2 amide bonds. The smallest absolute Gasteiger partial charge is 0.420 e. The van der Waals surface area contributed by atoms with Crippen molar-refractivity contribution in [1.29, 1.82) is 0 Å². The molecule has 128 valence electrons. The van der Waals surface area contributed by atoms with Crippen LogP contribution in [0.15, 0.2) is 27.4 Å². The van der Waals surface area contributed by atoms with E-state index < -0.39 is 36.5 Å². The lowest BCUT2D eigenvalue weighted by Crippen LogP contribution is -2.43. The predicted octanol–water partition coefficient (Wildman–Crippen LogP) is 0.967. The van der Waals surface area contributed by atoms with Gasteiger partial charge in [-0.15, -0.1) is 0 Å². The average molecular weight is 345 g/mol. The van der Waals surface area contributed by atoms with Crippen LogP contribution >= 0.6 is 0 Å². The molecule has 3 rings (SSSR count). The van der Waals surface area contributed by atoms with Gasteiger partial charge in [0.2, 0.25) is 5.91 Å². The van der Waals surface area contributed by atoms with Gasteiger partial charge in [-0.1, -0.05) is 0 Å². The molecule has 1 aliphatic rings. The maximum atomic E-state index is 12.5. The van der Waals surface area contributed by atoms with Crippen LogP contribution in [0, 0.1) is 0 Å². The lowest BCUT2D eigenvalue weighted by atomic mass is 10.2. The number of nitrogens with two attached hydrogens (primary N) is 1. The van der Waals surface area contributed by atoms with Crippen molar-refractivity contribution in [3.05, 3.63) is 28.7 Å². The molecule has 2 heterocycles. The van der Waals surface area contributed by atoms with Crippen LogP contribution in [0.2, 0.25) is 0 Å². The minimum atomic E-state index is -4.60. The van der Waals surface area contributed by atoms with Gasteiger partial charge in [0.25, 0.3) is 0 Å². The zero-order valence-corrected chi connectivity index (χ0v) is 11.9. The number of cyclic esters (lactones) is 1.